The smallest absolute Gasteiger partial charge is 0.251 e. The second-order valence-corrected chi connectivity index (χ2v) is 5.37. The Bertz CT molecular complexity index is 457. The summed E-state index contributed by atoms with van der Waals surface area (Å²) >= 11 is 0. The topological polar surface area (TPSA) is 61.4 Å². The molecular weight excluding hydrogens is 240 g/mol. The van der Waals surface area contributed by atoms with Gasteiger partial charge in [-0.1, -0.05) is 19.9 Å². The van der Waals surface area contributed by atoms with Crippen molar-refractivity contribution >= 4 is 11.6 Å². The van der Waals surface area contributed by atoms with Crippen molar-refractivity contribution in [1.29, 1.82) is 0 Å². The summed E-state index contributed by atoms with van der Waals surface area (Å²) in [5.74, 6) is 0.125. The van der Waals surface area contributed by atoms with Crippen molar-refractivity contribution in [2.45, 2.75) is 32.7 Å². The van der Waals surface area contributed by atoms with E-state index in [0.717, 1.165) is 36.2 Å². The van der Waals surface area contributed by atoms with Gasteiger partial charge in [-0.15, -0.1) is 0 Å². The Morgan fingerprint density at radius 2 is 2.26 bits per heavy atom. The van der Waals surface area contributed by atoms with Gasteiger partial charge in [0.05, 0.1) is 12.6 Å². The number of aliphatic hydroxyl groups is 1. The molecule has 0 aromatic heterocycles. The van der Waals surface area contributed by atoms with Crippen LogP contribution in [0.2, 0.25) is 0 Å². The lowest BCUT2D eigenvalue weighted by atomic mass is 9.96. The lowest BCUT2D eigenvalue weighted by molar-refractivity contribution is 0.0896. The first kappa shape index (κ1) is 13.9. The zero-order chi connectivity index (χ0) is 13.8. The summed E-state index contributed by atoms with van der Waals surface area (Å²) in [6.07, 6.45) is 1.97. The van der Waals surface area contributed by atoms with Crippen molar-refractivity contribution in [3.05, 3.63) is 29.3 Å². The SMILES string of the molecule is CC(C)C(CO)NC(=O)c1cccc2c1CCCN2. The summed E-state index contributed by atoms with van der Waals surface area (Å²) < 4.78 is 0. The number of rotatable bonds is 4. The molecule has 0 aliphatic carbocycles. The van der Waals surface area contributed by atoms with E-state index in [1.54, 1.807) is 0 Å². The number of anilines is 1. The van der Waals surface area contributed by atoms with Crippen molar-refractivity contribution in [3.8, 4) is 0 Å². The molecule has 2 rings (SSSR count). The quantitative estimate of drug-likeness (QED) is 0.775. The summed E-state index contributed by atoms with van der Waals surface area (Å²) in [6, 6.07) is 5.57. The minimum Gasteiger partial charge on any atom is -0.394 e. The number of carbonyl (C=O) groups is 1. The number of fused-ring (bicyclic) bond motifs is 1. The van der Waals surface area contributed by atoms with E-state index >= 15 is 0 Å². The predicted molar refractivity (Wildman–Crippen MR) is 76.4 cm³/mol. The van der Waals surface area contributed by atoms with E-state index in [0.29, 0.717) is 0 Å². The van der Waals surface area contributed by atoms with Crippen molar-refractivity contribution in [2.75, 3.05) is 18.5 Å². The molecule has 0 bridgehead atoms. The zero-order valence-electron chi connectivity index (χ0n) is 11.6. The molecule has 1 unspecified atom stereocenters. The highest BCUT2D eigenvalue weighted by molar-refractivity contribution is 5.97. The van der Waals surface area contributed by atoms with Crippen LogP contribution in [0.4, 0.5) is 5.69 Å². The first-order valence-corrected chi connectivity index (χ1v) is 6.91. The molecule has 1 aliphatic heterocycles. The Morgan fingerprint density at radius 1 is 1.47 bits per heavy atom. The Labute approximate surface area is 114 Å². The van der Waals surface area contributed by atoms with Gasteiger partial charge in [0.15, 0.2) is 0 Å². The van der Waals surface area contributed by atoms with Crippen LogP contribution in [0.15, 0.2) is 18.2 Å². The molecule has 104 valence electrons. The molecule has 0 saturated carbocycles. The van der Waals surface area contributed by atoms with E-state index in [1.807, 2.05) is 32.0 Å². The fourth-order valence-electron chi connectivity index (χ4n) is 2.39. The molecule has 0 spiro atoms. The van der Waals surface area contributed by atoms with Gasteiger partial charge in [0.2, 0.25) is 0 Å². The number of nitrogens with one attached hydrogen (secondary N) is 2. The minimum atomic E-state index is -0.195. The standard InChI is InChI=1S/C15H22N2O2/c1-10(2)14(9-18)17-15(19)12-5-3-7-13-11(12)6-4-8-16-13/h3,5,7,10,14,16,18H,4,6,8-9H2,1-2H3,(H,17,19). The van der Waals surface area contributed by atoms with Crippen molar-refractivity contribution in [3.63, 3.8) is 0 Å². The van der Waals surface area contributed by atoms with Crippen molar-refractivity contribution < 1.29 is 9.90 Å². The number of benzene rings is 1. The molecule has 1 atom stereocenters. The van der Waals surface area contributed by atoms with Gasteiger partial charge in [-0.2, -0.15) is 0 Å². The van der Waals surface area contributed by atoms with Gasteiger partial charge in [-0.25, -0.2) is 0 Å². The third kappa shape index (κ3) is 3.07. The number of hydrogen-bond donors (Lipinski definition) is 3. The normalized spacial score (nSPS) is 15.6. The van der Waals surface area contributed by atoms with Gasteiger partial charge in [0.1, 0.15) is 0 Å². The fraction of sp³-hybridized carbons (Fsp3) is 0.533. The average Bonchev–Trinajstić information content (AvgIpc) is 2.43. The third-order valence-electron chi connectivity index (χ3n) is 3.66. The summed E-state index contributed by atoms with van der Waals surface area (Å²) in [6.45, 7) is 4.91. The lowest BCUT2D eigenvalue weighted by Gasteiger charge is -2.23. The molecule has 0 saturated heterocycles. The summed E-state index contributed by atoms with van der Waals surface area (Å²) in [5.41, 5.74) is 2.87. The van der Waals surface area contributed by atoms with Crippen LogP contribution >= 0.6 is 0 Å². The van der Waals surface area contributed by atoms with Crippen LogP contribution in [-0.2, 0) is 6.42 Å². The maximum atomic E-state index is 12.3. The molecule has 1 aromatic carbocycles. The summed E-state index contributed by atoms with van der Waals surface area (Å²) in [7, 11) is 0. The number of carbonyl (C=O) groups excluding carboxylic acids is 1. The molecule has 1 amide bonds. The molecule has 4 nitrogen and oxygen atoms in total. The second-order valence-electron chi connectivity index (χ2n) is 5.37. The fourth-order valence-corrected chi connectivity index (χ4v) is 2.39. The van der Waals surface area contributed by atoms with Gasteiger partial charge >= 0.3 is 0 Å². The van der Waals surface area contributed by atoms with Crippen molar-refractivity contribution in [2.24, 2.45) is 5.92 Å². The Morgan fingerprint density at radius 3 is 2.95 bits per heavy atom. The first-order chi connectivity index (χ1) is 9.13. The van der Waals surface area contributed by atoms with Gasteiger partial charge in [0.25, 0.3) is 5.91 Å². The van der Waals surface area contributed by atoms with E-state index in [1.165, 1.54) is 0 Å². The number of amides is 1. The molecule has 1 heterocycles. The minimum absolute atomic E-state index is 0.0311. The van der Waals surface area contributed by atoms with Gasteiger partial charge in [-0.05, 0) is 36.5 Å². The van der Waals surface area contributed by atoms with Crippen molar-refractivity contribution in [1.82, 2.24) is 5.32 Å². The maximum absolute atomic E-state index is 12.3. The molecule has 0 fully saturated rings. The Kier molecular flexibility index (Phi) is 4.43. The maximum Gasteiger partial charge on any atom is 0.251 e. The van der Waals surface area contributed by atoms with Crippen LogP contribution in [0.1, 0.15) is 36.2 Å². The molecule has 19 heavy (non-hydrogen) atoms. The molecule has 4 heteroatoms. The van der Waals surface area contributed by atoms with Crippen LogP contribution in [0.25, 0.3) is 0 Å². The van der Waals surface area contributed by atoms with Crippen LogP contribution < -0.4 is 10.6 Å². The summed E-state index contributed by atoms with van der Waals surface area (Å²) in [5, 5.41) is 15.5. The lowest BCUT2D eigenvalue weighted by Crippen LogP contribution is -2.41. The van der Waals surface area contributed by atoms with E-state index in [9.17, 15) is 9.90 Å². The second kappa shape index (κ2) is 6.06. The van der Waals surface area contributed by atoms with Crippen LogP contribution in [0.3, 0.4) is 0 Å². The molecule has 3 N–H and O–H groups in total. The molecular formula is C15H22N2O2. The first-order valence-electron chi connectivity index (χ1n) is 6.91. The van der Waals surface area contributed by atoms with E-state index in [2.05, 4.69) is 10.6 Å². The number of aliphatic hydroxyl groups excluding tert-OH is 1. The highest BCUT2D eigenvalue weighted by Gasteiger charge is 2.20. The van der Waals surface area contributed by atoms with E-state index in [4.69, 9.17) is 0 Å². The monoisotopic (exact) mass is 262 g/mol. The zero-order valence-corrected chi connectivity index (χ0v) is 11.6. The van der Waals surface area contributed by atoms with E-state index in [-0.39, 0.29) is 24.5 Å². The molecule has 0 radical (unpaired) electrons. The van der Waals surface area contributed by atoms with E-state index < -0.39 is 0 Å². The largest absolute Gasteiger partial charge is 0.394 e. The van der Waals surface area contributed by atoms with Gasteiger partial charge < -0.3 is 15.7 Å². The molecule has 1 aliphatic rings. The Hall–Kier alpha value is -1.55. The third-order valence-corrected chi connectivity index (χ3v) is 3.66. The Balaban J connectivity index is 2.19. The predicted octanol–water partition coefficient (Wildman–Crippen LogP) is 1.79. The number of hydrogen-bond acceptors (Lipinski definition) is 3. The summed E-state index contributed by atoms with van der Waals surface area (Å²) in [4.78, 5) is 12.3. The average molecular weight is 262 g/mol. The van der Waals surface area contributed by atoms with Crippen LogP contribution in [0.5, 0.6) is 0 Å². The van der Waals surface area contributed by atoms with Crippen LogP contribution in [0, 0.1) is 5.92 Å². The van der Waals surface area contributed by atoms with Gasteiger partial charge in [0, 0.05) is 17.8 Å². The highest BCUT2D eigenvalue weighted by Crippen LogP contribution is 2.25. The van der Waals surface area contributed by atoms with Crippen LogP contribution in [-0.4, -0.2) is 30.2 Å². The highest BCUT2D eigenvalue weighted by atomic mass is 16.3. The molecule has 1 aromatic rings. The van der Waals surface area contributed by atoms with Gasteiger partial charge in [-0.3, -0.25) is 4.79 Å².